The van der Waals surface area contributed by atoms with Crippen molar-refractivity contribution in [3.63, 3.8) is 0 Å². The Bertz CT molecular complexity index is 615. The zero-order valence-corrected chi connectivity index (χ0v) is 10.2. The minimum atomic E-state index is -4.79. The molecule has 0 amide bonds. The van der Waals surface area contributed by atoms with E-state index in [0.29, 0.717) is 11.1 Å². The van der Waals surface area contributed by atoms with E-state index in [2.05, 4.69) is 11.3 Å². The van der Waals surface area contributed by atoms with Crippen LogP contribution in [0.25, 0.3) is 17.2 Å². The second-order valence-corrected chi connectivity index (χ2v) is 4.01. The van der Waals surface area contributed by atoms with Gasteiger partial charge in [0.15, 0.2) is 0 Å². The molecule has 0 spiro atoms. The van der Waals surface area contributed by atoms with Crippen LogP contribution in [0.3, 0.4) is 0 Å². The fourth-order valence-corrected chi connectivity index (χ4v) is 1.74. The smallest absolute Gasteiger partial charge is 0.405 e. The molecule has 0 N–H and O–H groups in total. The van der Waals surface area contributed by atoms with Crippen molar-refractivity contribution in [3.05, 3.63) is 60.4 Å². The largest absolute Gasteiger partial charge is 0.573 e. The number of rotatable bonds is 3. The second-order valence-electron chi connectivity index (χ2n) is 4.01. The lowest BCUT2D eigenvalue weighted by Crippen LogP contribution is -2.17. The van der Waals surface area contributed by atoms with E-state index in [-0.39, 0.29) is 11.3 Å². The van der Waals surface area contributed by atoms with Crippen molar-refractivity contribution in [1.29, 1.82) is 0 Å². The summed E-state index contributed by atoms with van der Waals surface area (Å²) in [5.74, 6) is -0.804. The Labute approximate surface area is 113 Å². The number of halogens is 4. The quantitative estimate of drug-likeness (QED) is 0.717. The van der Waals surface area contributed by atoms with Crippen LogP contribution in [0.2, 0.25) is 0 Å². The third kappa shape index (κ3) is 3.38. The molecule has 0 saturated carbocycles. The zero-order valence-electron chi connectivity index (χ0n) is 10.2. The van der Waals surface area contributed by atoms with E-state index in [9.17, 15) is 17.6 Å². The van der Waals surface area contributed by atoms with Gasteiger partial charge in [-0.15, -0.1) is 13.2 Å². The van der Waals surface area contributed by atoms with Crippen molar-refractivity contribution in [2.75, 3.05) is 0 Å². The maximum atomic E-state index is 12.9. The average molecular weight is 282 g/mol. The molecular formula is C15H10F4O. The van der Waals surface area contributed by atoms with Gasteiger partial charge in [-0.2, -0.15) is 0 Å². The molecule has 1 nitrogen and oxygen atoms in total. The molecule has 2 aromatic carbocycles. The van der Waals surface area contributed by atoms with Gasteiger partial charge in [-0.1, -0.05) is 30.9 Å². The van der Waals surface area contributed by atoms with E-state index in [1.54, 1.807) is 0 Å². The van der Waals surface area contributed by atoms with Gasteiger partial charge in [0, 0.05) is 5.56 Å². The Morgan fingerprint density at radius 2 is 1.65 bits per heavy atom. The summed E-state index contributed by atoms with van der Waals surface area (Å²) in [4.78, 5) is 0. The monoisotopic (exact) mass is 282 g/mol. The fourth-order valence-electron chi connectivity index (χ4n) is 1.74. The first kappa shape index (κ1) is 14.1. The van der Waals surface area contributed by atoms with Gasteiger partial charge in [0.25, 0.3) is 0 Å². The molecule has 0 saturated heterocycles. The first-order chi connectivity index (χ1) is 9.39. The van der Waals surface area contributed by atoms with Gasteiger partial charge < -0.3 is 4.74 Å². The van der Waals surface area contributed by atoms with E-state index >= 15 is 0 Å². The molecule has 0 heterocycles. The summed E-state index contributed by atoms with van der Waals surface area (Å²) in [5, 5.41) is 0. The van der Waals surface area contributed by atoms with E-state index in [1.165, 1.54) is 48.5 Å². The predicted octanol–water partition coefficient (Wildman–Crippen LogP) is 5.03. The third-order valence-electron chi connectivity index (χ3n) is 2.62. The Kier molecular flexibility index (Phi) is 3.79. The van der Waals surface area contributed by atoms with Gasteiger partial charge in [-0.05, 0) is 35.4 Å². The standard InChI is InChI=1S/C15H10F4O/c1-2-10-3-8-14(20-15(17,18)19)13(9-10)11-4-6-12(16)7-5-11/h2-9H,1H2. The Morgan fingerprint density at radius 3 is 2.20 bits per heavy atom. The summed E-state index contributed by atoms with van der Waals surface area (Å²) in [6.07, 6.45) is -3.28. The topological polar surface area (TPSA) is 9.23 Å². The van der Waals surface area contributed by atoms with Crippen LogP contribution in [0.4, 0.5) is 17.6 Å². The molecule has 0 radical (unpaired) electrons. The van der Waals surface area contributed by atoms with E-state index in [1.807, 2.05) is 0 Å². The highest BCUT2D eigenvalue weighted by Gasteiger charge is 2.32. The zero-order chi connectivity index (χ0) is 14.8. The van der Waals surface area contributed by atoms with Crippen LogP contribution in [0.15, 0.2) is 49.0 Å². The van der Waals surface area contributed by atoms with Gasteiger partial charge in [0.2, 0.25) is 0 Å². The Morgan fingerprint density at radius 1 is 1.00 bits per heavy atom. The van der Waals surface area contributed by atoms with Gasteiger partial charge in [-0.25, -0.2) is 4.39 Å². The molecule has 0 aliphatic heterocycles. The summed E-state index contributed by atoms with van der Waals surface area (Å²) in [7, 11) is 0. The second kappa shape index (κ2) is 5.36. The number of alkyl halides is 3. The van der Waals surface area contributed by atoms with Crippen molar-refractivity contribution in [3.8, 4) is 16.9 Å². The van der Waals surface area contributed by atoms with Crippen molar-refractivity contribution in [2.24, 2.45) is 0 Å². The highest BCUT2D eigenvalue weighted by atomic mass is 19.4. The summed E-state index contributed by atoms with van der Waals surface area (Å²) in [6.45, 7) is 3.56. The van der Waals surface area contributed by atoms with Gasteiger partial charge in [-0.3, -0.25) is 0 Å². The minimum Gasteiger partial charge on any atom is -0.405 e. The van der Waals surface area contributed by atoms with Gasteiger partial charge in [0.05, 0.1) is 0 Å². The van der Waals surface area contributed by atoms with Gasteiger partial charge >= 0.3 is 6.36 Å². The van der Waals surface area contributed by atoms with Crippen molar-refractivity contribution in [1.82, 2.24) is 0 Å². The molecule has 2 rings (SSSR count). The molecule has 0 aliphatic carbocycles. The molecule has 0 aliphatic rings. The van der Waals surface area contributed by atoms with E-state index < -0.39 is 12.2 Å². The highest BCUT2D eigenvalue weighted by molar-refractivity contribution is 5.73. The molecule has 0 atom stereocenters. The van der Waals surface area contributed by atoms with Crippen LogP contribution >= 0.6 is 0 Å². The first-order valence-corrected chi connectivity index (χ1v) is 5.67. The molecule has 104 valence electrons. The molecule has 0 aromatic heterocycles. The van der Waals surface area contributed by atoms with Crippen molar-refractivity contribution in [2.45, 2.75) is 6.36 Å². The first-order valence-electron chi connectivity index (χ1n) is 5.67. The molecule has 0 fully saturated rings. The van der Waals surface area contributed by atoms with Crippen molar-refractivity contribution >= 4 is 6.08 Å². The molecule has 2 aromatic rings. The van der Waals surface area contributed by atoms with E-state index in [4.69, 9.17) is 0 Å². The lowest BCUT2D eigenvalue weighted by molar-refractivity contribution is -0.274. The summed E-state index contributed by atoms with van der Waals surface area (Å²) in [6, 6.07) is 9.30. The van der Waals surface area contributed by atoms with Gasteiger partial charge in [0.1, 0.15) is 11.6 Å². The van der Waals surface area contributed by atoms with Crippen LogP contribution in [-0.4, -0.2) is 6.36 Å². The number of hydrogen-bond donors (Lipinski definition) is 0. The Hall–Kier alpha value is -2.30. The number of benzene rings is 2. The third-order valence-corrected chi connectivity index (χ3v) is 2.62. The number of hydrogen-bond acceptors (Lipinski definition) is 1. The minimum absolute atomic E-state index is 0.222. The normalized spacial score (nSPS) is 11.2. The highest BCUT2D eigenvalue weighted by Crippen LogP contribution is 2.34. The van der Waals surface area contributed by atoms with Crippen LogP contribution in [0.5, 0.6) is 5.75 Å². The SMILES string of the molecule is C=Cc1ccc(OC(F)(F)F)c(-c2ccc(F)cc2)c1. The lowest BCUT2D eigenvalue weighted by Gasteiger charge is -2.14. The maximum Gasteiger partial charge on any atom is 0.573 e. The van der Waals surface area contributed by atoms with Crippen LogP contribution < -0.4 is 4.74 Å². The van der Waals surface area contributed by atoms with Crippen LogP contribution in [-0.2, 0) is 0 Å². The summed E-state index contributed by atoms with van der Waals surface area (Å²) in [5.41, 5.74) is 1.29. The number of ether oxygens (including phenoxy) is 1. The maximum absolute atomic E-state index is 12.9. The summed E-state index contributed by atoms with van der Waals surface area (Å²) < 4.78 is 54.0. The lowest BCUT2D eigenvalue weighted by atomic mass is 10.0. The fraction of sp³-hybridized carbons (Fsp3) is 0.0667. The molecule has 5 heteroatoms. The van der Waals surface area contributed by atoms with Crippen LogP contribution in [0.1, 0.15) is 5.56 Å². The molecule has 0 bridgehead atoms. The van der Waals surface area contributed by atoms with Crippen molar-refractivity contribution < 1.29 is 22.3 Å². The predicted molar refractivity (Wildman–Crippen MR) is 68.6 cm³/mol. The molecular weight excluding hydrogens is 272 g/mol. The molecule has 0 unspecified atom stereocenters. The van der Waals surface area contributed by atoms with E-state index in [0.717, 1.165) is 0 Å². The summed E-state index contributed by atoms with van der Waals surface area (Å²) >= 11 is 0. The van der Waals surface area contributed by atoms with Crippen LogP contribution in [0, 0.1) is 5.82 Å². The molecule has 20 heavy (non-hydrogen) atoms. The average Bonchev–Trinajstić information content (AvgIpc) is 2.38. The Balaban J connectivity index is 2.52.